The molecule has 0 bridgehead atoms. The van der Waals surface area contributed by atoms with Crippen LogP contribution in [0.3, 0.4) is 0 Å². The highest BCUT2D eigenvalue weighted by molar-refractivity contribution is 5.82. The molecule has 3 atom stereocenters. The predicted octanol–water partition coefficient (Wildman–Crippen LogP) is 2.74. The van der Waals surface area contributed by atoms with Crippen molar-refractivity contribution in [3.8, 4) is 0 Å². The van der Waals surface area contributed by atoms with E-state index in [-0.39, 0.29) is 18.9 Å². The number of carboxylic acid groups (broad SMARTS) is 1. The van der Waals surface area contributed by atoms with Gasteiger partial charge in [-0.05, 0) is 33.1 Å². The molecule has 26 heavy (non-hydrogen) atoms. The fraction of sp³-hybridized carbons (Fsp3) is 0.833. The average molecular weight is 375 g/mol. The smallest absolute Gasteiger partial charge is 0.408 e. The van der Waals surface area contributed by atoms with Gasteiger partial charge in [-0.15, -0.1) is 0 Å². The van der Waals surface area contributed by atoms with Crippen molar-refractivity contribution in [2.45, 2.75) is 78.0 Å². The maximum atomic E-state index is 12.4. The van der Waals surface area contributed by atoms with Crippen LogP contribution in [0.25, 0.3) is 0 Å². The number of hydrogen-bond acceptors (Lipinski definition) is 6. The minimum atomic E-state index is -1.08. The van der Waals surface area contributed by atoms with Crippen LogP contribution in [0.4, 0.5) is 4.79 Å². The number of unbranched alkanes of at least 4 members (excludes halogenated alkanes) is 1. The van der Waals surface area contributed by atoms with Gasteiger partial charge in [0.25, 0.3) is 0 Å². The molecule has 0 aromatic heterocycles. The van der Waals surface area contributed by atoms with E-state index in [1.165, 1.54) is 7.11 Å². The summed E-state index contributed by atoms with van der Waals surface area (Å²) in [5.41, 5.74) is -0.716. The van der Waals surface area contributed by atoms with Gasteiger partial charge in [-0.25, -0.2) is 9.59 Å². The Labute approximate surface area is 155 Å². The van der Waals surface area contributed by atoms with Gasteiger partial charge in [0.15, 0.2) is 6.04 Å². The average Bonchev–Trinajstić information content (AvgIpc) is 2.49. The number of carbonyl (C=O) groups excluding carboxylic acids is 2. The quantitative estimate of drug-likeness (QED) is 0.534. The van der Waals surface area contributed by atoms with Crippen molar-refractivity contribution in [1.29, 1.82) is 0 Å². The third kappa shape index (κ3) is 10.9. The molecule has 0 aliphatic carbocycles. The first-order valence-corrected chi connectivity index (χ1v) is 8.90. The fourth-order valence-corrected chi connectivity index (χ4v) is 2.26. The minimum Gasteiger partial charge on any atom is -0.481 e. The molecule has 0 fully saturated rings. The highest BCUT2D eigenvalue weighted by Gasteiger charge is 2.30. The highest BCUT2D eigenvalue weighted by Crippen LogP contribution is 2.19. The molecule has 2 N–H and O–H groups in total. The van der Waals surface area contributed by atoms with Gasteiger partial charge in [0, 0.05) is 7.11 Å². The normalized spacial score (nSPS) is 14.8. The molecular formula is C18H33NO7. The van der Waals surface area contributed by atoms with Gasteiger partial charge < -0.3 is 24.6 Å². The Balaban J connectivity index is 4.99. The Morgan fingerprint density at radius 1 is 1.19 bits per heavy atom. The summed E-state index contributed by atoms with van der Waals surface area (Å²) in [5.74, 6) is -1.90. The number of carbonyl (C=O) groups is 3. The van der Waals surface area contributed by atoms with Crippen LogP contribution in [0.2, 0.25) is 0 Å². The summed E-state index contributed by atoms with van der Waals surface area (Å²) in [6.07, 6.45) is 0.785. The molecule has 0 heterocycles. The first kappa shape index (κ1) is 24.2. The van der Waals surface area contributed by atoms with E-state index >= 15 is 0 Å². The summed E-state index contributed by atoms with van der Waals surface area (Å²) in [6.45, 7) is 8.88. The number of aliphatic carboxylic acids is 1. The van der Waals surface area contributed by atoms with Crippen LogP contribution < -0.4 is 5.32 Å². The van der Waals surface area contributed by atoms with Gasteiger partial charge in [-0.2, -0.15) is 0 Å². The highest BCUT2D eigenvalue weighted by atomic mass is 16.6. The third-order valence-corrected chi connectivity index (χ3v) is 3.60. The lowest BCUT2D eigenvalue weighted by molar-refractivity contribution is -0.159. The van der Waals surface area contributed by atoms with E-state index in [4.69, 9.17) is 19.3 Å². The van der Waals surface area contributed by atoms with E-state index < -0.39 is 35.8 Å². The van der Waals surface area contributed by atoms with E-state index in [1.807, 2.05) is 13.8 Å². The molecule has 0 spiro atoms. The molecule has 0 rings (SSSR count). The second-order valence-corrected chi connectivity index (χ2v) is 7.35. The van der Waals surface area contributed by atoms with Crippen molar-refractivity contribution in [2.24, 2.45) is 5.92 Å². The van der Waals surface area contributed by atoms with Crippen molar-refractivity contribution in [2.75, 3.05) is 13.7 Å². The summed E-state index contributed by atoms with van der Waals surface area (Å²) in [4.78, 5) is 35.4. The molecule has 152 valence electrons. The summed E-state index contributed by atoms with van der Waals surface area (Å²) < 4.78 is 15.5. The van der Waals surface area contributed by atoms with Gasteiger partial charge in [-0.3, -0.25) is 4.79 Å². The largest absolute Gasteiger partial charge is 0.481 e. The standard InChI is InChI=1S/C18H33NO7/c1-7-8-9-12(2)14(10-15(20)21)25-16(22)13(11-24-6)19-17(23)26-18(3,4)5/h12-14H,7-11H2,1-6H3,(H,19,23)(H,20,21)/t12-,13-,14-/m0/s1. The maximum absolute atomic E-state index is 12.4. The predicted molar refractivity (Wildman–Crippen MR) is 95.9 cm³/mol. The van der Waals surface area contributed by atoms with Gasteiger partial charge in [0.05, 0.1) is 13.0 Å². The lowest BCUT2D eigenvalue weighted by Gasteiger charge is -2.26. The Morgan fingerprint density at radius 2 is 1.81 bits per heavy atom. The number of amides is 1. The second kappa shape index (κ2) is 11.7. The summed E-state index contributed by atoms with van der Waals surface area (Å²) in [7, 11) is 1.38. The van der Waals surface area contributed by atoms with Crippen LogP contribution in [0.5, 0.6) is 0 Å². The number of esters is 1. The van der Waals surface area contributed by atoms with Crippen molar-refractivity contribution < 1.29 is 33.7 Å². The van der Waals surface area contributed by atoms with Gasteiger partial charge in [0.1, 0.15) is 11.7 Å². The Kier molecular flexibility index (Phi) is 10.9. The molecular weight excluding hydrogens is 342 g/mol. The molecule has 0 aromatic carbocycles. The maximum Gasteiger partial charge on any atom is 0.408 e. The summed E-state index contributed by atoms with van der Waals surface area (Å²) in [5, 5.41) is 11.5. The van der Waals surface area contributed by atoms with Crippen LogP contribution in [0.1, 0.15) is 60.3 Å². The van der Waals surface area contributed by atoms with Crippen LogP contribution in [-0.4, -0.2) is 54.6 Å². The first-order valence-electron chi connectivity index (χ1n) is 8.90. The summed E-state index contributed by atoms with van der Waals surface area (Å²) >= 11 is 0. The molecule has 0 aliphatic heterocycles. The van der Waals surface area contributed by atoms with Crippen molar-refractivity contribution in [3.63, 3.8) is 0 Å². The van der Waals surface area contributed by atoms with Crippen LogP contribution in [0.15, 0.2) is 0 Å². The van der Waals surface area contributed by atoms with Crippen LogP contribution in [-0.2, 0) is 23.8 Å². The topological polar surface area (TPSA) is 111 Å². The Hall–Kier alpha value is -1.83. The van der Waals surface area contributed by atoms with Crippen LogP contribution in [0, 0.1) is 5.92 Å². The molecule has 0 radical (unpaired) electrons. The lowest BCUT2D eigenvalue weighted by Crippen LogP contribution is -2.48. The van der Waals surface area contributed by atoms with Crippen molar-refractivity contribution >= 4 is 18.0 Å². The third-order valence-electron chi connectivity index (χ3n) is 3.60. The minimum absolute atomic E-state index is 0.110. The van der Waals surface area contributed by atoms with Gasteiger partial charge >= 0.3 is 18.0 Å². The molecule has 0 saturated heterocycles. The van der Waals surface area contributed by atoms with E-state index in [9.17, 15) is 14.4 Å². The first-order chi connectivity index (χ1) is 12.0. The van der Waals surface area contributed by atoms with E-state index in [2.05, 4.69) is 5.32 Å². The van der Waals surface area contributed by atoms with Gasteiger partial charge in [-0.1, -0.05) is 26.7 Å². The molecule has 0 aromatic rings. The number of ether oxygens (including phenoxy) is 3. The van der Waals surface area contributed by atoms with E-state index in [0.29, 0.717) is 0 Å². The Bertz CT molecular complexity index is 459. The fourth-order valence-electron chi connectivity index (χ4n) is 2.26. The number of hydrogen-bond donors (Lipinski definition) is 2. The number of rotatable bonds is 11. The zero-order valence-electron chi connectivity index (χ0n) is 16.7. The molecule has 0 unspecified atom stereocenters. The van der Waals surface area contributed by atoms with Gasteiger partial charge in [0.2, 0.25) is 0 Å². The molecule has 0 aliphatic rings. The Morgan fingerprint density at radius 3 is 2.27 bits per heavy atom. The zero-order valence-corrected chi connectivity index (χ0v) is 16.7. The molecule has 8 nitrogen and oxygen atoms in total. The van der Waals surface area contributed by atoms with E-state index in [1.54, 1.807) is 20.8 Å². The van der Waals surface area contributed by atoms with Crippen LogP contribution >= 0.6 is 0 Å². The second-order valence-electron chi connectivity index (χ2n) is 7.35. The van der Waals surface area contributed by atoms with Crippen molar-refractivity contribution in [1.82, 2.24) is 5.32 Å². The number of carboxylic acids is 1. The van der Waals surface area contributed by atoms with E-state index in [0.717, 1.165) is 19.3 Å². The summed E-state index contributed by atoms with van der Waals surface area (Å²) in [6, 6.07) is -1.08. The monoisotopic (exact) mass is 375 g/mol. The number of methoxy groups -OCH3 is 1. The van der Waals surface area contributed by atoms with Crippen molar-refractivity contribution in [3.05, 3.63) is 0 Å². The number of alkyl carbamates (subject to hydrolysis) is 1. The lowest BCUT2D eigenvalue weighted by atomic mass is 9.95. The number of nitrogens with one attached hydrogen (secondary N) is 1. The SMILES string of the molecule is CCCC[C@H](C)[C@H](CC(=O)O)OC(=O)[C@H](COC)NC(=O)OC(C)(C)C. The molecule has 1 amide bonds. The molecule has 0 saturated carbocycles. The zero-order chi connectivity index (χ0) is 20.3. The molecule has 8 heteroatoms.